The Morgan fingerprint density at radius 2 is 2.19 bits per heavy atom. The Labute approximate surface area is 135 Å². The van der Waals surface area contributed by atoms with Crippen LogP contribution in [0.25, 0.3) is 0 Å². The topological polar surface area (TPSA) is 42.3 Å². The summed E-state index contributed by atoms with van der Waals surface area (Å²) in [6.45, 7) is 3.14. The molecule has 2 aromatic heterocycles. The number of sulfonamides is 1. The fraction of sp³-hybridized carbons (Fsp3) is 0.429. The minimum absolute atomic E-state index is 0.308. The van der Waals surface area contributed by atoms with Crippen molar-refractivity contribution in [3.8, 4) is 0 Å². The SMILES string of the molecule is CCn1cc(S(=O)(=O)N(C)CCc2cccs2)cc1CCl. The molecule has 7 heteroatoms. The van der Waals surface area contributed by atoms with Gasteiger partial charge in [-0.1, -0.05) is 6.07 Å². The largest absolute Gasteiger partial charge is 0.349 e. The van der Waals surface area contributed by atoms with Crippen LogP contribution in [-0.2, 0) is 28.9 Å². The molecule has 0 saturated carbocycles. The van der Waals surface area contributed by atoms with Crippen LogP contribution in [0, 0.1) is 0 Å². The molecule has 2 aromatic rings. The summed E-state index contributed by atoms with van der Waals surface area (Å²) in [5.74, 6) is 0.308. The summed E-state index contributed by atoms with van der Waals surface area (Å²) in [6.07, 6.45) is 2.39. The number of thiophene rings is 1. The lowest BCUT2D eigenvalue weighted by atomic mass is 10.3. The zero-order chi connectivity index (χ0) is 15.5. The van der Waals surface area contributed by atoms with Crippen molar-refractivity contribution < 1.29 is 8.42 Å². The van der Waals surface area contributed by atoms with Gasteiger partial charge in [-0.15, -0.1) is 22.9 Å². The Kier molecular flexibility index (Phi) is 5.48. The minimum atomic E-state index is -3.46. The van der Waals surface area contributed by atoms with Gasteiger partial charge in [0.05, 0.1) is 5.88 Å². The van der Waals surface area contributed by atoms with E-state index >= 15 is 0 Å². The average Bonchev–Trinajstić information content (AvgIpc) is 3.13. The first-order valence-corrected chi connectivity index (χ1v) is 9.58. The van der Waals surface area contributed by atoms with Gasteiger partial charge in [0.1, 0.15) is 4.90 Å². The molecule has 0 radical (unpaired) electrons. The fourth-order valence-electron chi connectivity index (χ4n) is 2.09. The maximum absolute atomic E-state index is 12.6. The molecule has 0 aliphatic rings. The van der Waals surface area contributed by atoms with Crippen LogP contribution < -0.4 is 0 Å². The number of hydrogen-bond acceptors (Lipinski definition) is 3. The minimum Gasteiger partial charge on any atom is -0.349 e. The monoisotopic (exact) mass is 346 g/mol. The van der Waals surface area contributed by atoms with E-state index in [0.717, 1.165) is 12.1 Å². The van der Waals surface area contributed by atoms with Crippen LogP contribution in [-0.4, -0.2) is 30.9 Å². The zero-order valence-corrected chi connectivity index (χ0v) is 14.5. The van der Waals surface area contributed by atoms with E-state index in [1.54, 1.807) is 30.6 Å². The summed E-state index contributed by atoms with van der Waals surface area (Å²) >= 11 is 7.50. The van der Waals surface area contributed by atoms with Gasteiger partial charge in [-0.2, -0.15) is 0 Å². The molecule has 0 N–H and O–H groups in total. The third kappa shape index (κ3) is 3.69. The Balaban J connectivity index is 2.14. The number of rotatable bonds is 7. The number of hydrogen-bond donors (Lipinski definition) is 0. The highest BCUT2D eigenvalue weighted by Gasteiger charge is 2.23. The second-order valence-corrected chi connectivity index (χ2v) is 8.09. The Bertz CT molecular complexity index is 656. The van der Waals surface area contributed by atoms with Crippen LogP contribution >= 0.6 is 22.9 Å². The van der Waals surface area contributed by atoms with Crippen molar-refractivity contribution in [2.45, 2.75) is 30.7 Å². The summed E-state index contributed by atoms with van der Waals surface area (Å²) < 4.78 is 28.4. The van der Waals surface area contributed by atoms with Crippen molar-refractivity contribution in [3.05, 3.63) is 40.3 Å². The number of halogens is 1. The van der Waals surface area contributed by atoms with Crippen LogP contribution in [0.3, 0.4) is 0 Å². The molecule has 0 saturated heterocycles. The maximum Gasteiger partial charge on any atom is 0.244 e. The lowest BCUT2D eigenvalue weighted by molar-refractivity contribution is 0.473. The van der Waals surface area contributed by atoms with Gasteiger partial charge in [0, 0.05) is 36.9 Å². The van der Waals surface area contributed by atoms with Crippen LogP contribution in [0.5, 0.6) is 0 Å². The van der Waals surface area contributed by atoms with E-state index in [2.05, 4.69) is 0 Å². The Morgan fingerprint density at radius 3 is 2.71 bits per heavy atom. The summed E-state index contributed by atoms with van der Waals surface area (Å²) in [5.41, 5.74) is 0.824. The van der Waals surface area contributed by atoms with Crippen molar-refractivity contribution in [3.63, 3.8) is 0 Å². The molecule has 21 heavy (non-hydrogen) atoms. The normalized spacial score (nSPS) is 12.2. The first-order chi connectivity index (χ1) is 9.98. The summed E-state index contributed by atoms with van der Waals surface area (Å²) in [6, 6.07) is 5.65. The quantitative estimate of drug-likeness (QED) is 0.723. The van der Waals surface area contributed by atoms with Crippen molar-refractivity contribution in [1.82, 2.24) is 8.87 Å². The van der Waals surface area contributed by atoms with Gasteiger partial charge < -0.3 is 4.57 Å². The Morgan fingerprint density at radius 1 is 1.43 bits per heavy atom. The van der Waals surface area contributed by atoms with Gasteiger partial charge in [0.2, 0.25) is 10.0 Å². The van der Waals surface area contributed by atoms with Crippen molar-refractivity contribution in [1.29, 1.82) is 0 Å². The summed E-state index contributed by atoms with van der Waals surface area (Å²) in [5, 5.41) is 2.00. The number of aromatic nitrogens is 1. The van der Waals surface area contributed by atoms with Crippen molar-refractivity contribution in [2.24, 2.45) is 0 Å². The summed E-state index contributed by atoms with van der Waals surface area (Å²) in [7, 11) is -1.84. The highest BCUT2D eigenvalue weighted by atomic mass is 35.5. The van der Waals surface area contributed by atoms with Crippen LogP contribution in [0.4, 0.5) is 0 Å². The predicted molar refractivity (Wildman–Crippen MR) is 87.5 cm³/mol. The Hall–Kier alpha value is -0.820. The van der Waals surface area contributed by atoms with E-state index in [-0.39, 0.29) is 0 Å². The molecule has 0 unspecified atom stereocenters. The first-order valence-electron chi connectivity index (χ1n) is 6.72. The molecule has 0 atom stereocenters. The van der Waals surface area contributed by atoms with E-state index in [1.807, 2.05) is 29.0 Å². The number of alkyl halides is 1. The molecule has 0 amide bonds. The van der Waals surface area contributed by atoms with E-state index in [9.17, 15) is 8.42 Å². The molecule has 0 fully saturated rings. The van der Waals surface area contributed by atoms with Crippen LogP contribution in [0.1, 0.15) is 17.5 Å². The summed E-state index contributed by atoms with van der Waals surface area (Å²) in [4.78, 5) is 1.50. The van der Waals surface area contributed by atoms with Crippen LogP contribution in [0.2, 0.25) is 0 Å². The lowest BCUT2D eigenvalue weighted by Gasteiger charge is -2.15. The molecule has 2 rings (SSSR count). The fourth-order valence-corrected chi connectivity index (χ4v) is 4.26. The second-order valence-electron chi connectivity index (χ2n) is 4.74. The lowest BCUT2D eigenvalue weighted by Crippen LogP contribution is -2.28. The zero-order valence-electron chi connectivity index (χ0n) is 12.1. The van der Waals surface area contributed by atoms with Gasteiger partial charge in [-0.3, -0.25) is 0 Å². The first kappa shape index (κ1) is 16.5. The van der Waals surface area contributed by atoms with Crippen molar-refractivity contribution >= 4 is 33.0 Å². The molecular weight excluding hydrogens is 328 g/mol. The van der Waals surface area contributed by atoms with E-state index in [0.29, 0.717) is 23.9 Å². The third-order valence-corrected chi connectivity index (χ3v) is 6.43. The van der Waals surface area contributed by atoms with E-state index in [4.69, 9.17) is 11.6 Å². The molecule has 116 valence electrons. The molecule has 0 aliphatic heterocycles. The number of nitrogens with zero attached hydrogens (tertiary/aromatic N) is 2. The van der Waals surface area contributed by atoms with Gasteiger partial charge >= 0.3 is 0 Å². The molecule has 0 spiro atoms. The highest BCUT2D eigenvalue weighted by molar-refractivity contribution is 7.89. The predicted octanol–water partition coefficient (Wildman–Crippen LogP) is 3.17. The van der Waals surface area contributed by atoms with Gasteiger partial charge in [-0.25, -0.2) is 12.7 Å². The van der Waals surface area contributed by atoms with E-state index in [1.165, 1.54) is 9.18 Å². The smallest absolute Gasteiger partial charge is 0.244 e. The molecule has 0 bridgehead atoms. The average molecular weight is 347 g/mol. The van der Waals surface area contributed by atoms with Gasteiger partial charge in [0.15, 0.2) is 0 Å². The third-order valence-electron chi connectivity index (χ3n) is 3.40. The van der Waals surface area contributed by atoms with E-state index < -0.39 is 10.0 Å². The van der Waals surface area contributed by atoms with Gasteiger partial charge in [0.25, 0.3) is 0 Å². The molecule has 0 aromatic carbocycles. The van der Waals surface area contributed by atoms with Crippen LogP contribution in [0.15, 0.2) is 34.7 Å². The number of likely N-dealkylation sites (N-methyl/N-ethyl adjacent to an activating group) is 1. The molecule has 4 nitrogen and oxygen atoms in total. The second kappa shape index (κ2) is 6.96. The molecular formula is C14H19ClN2O2S2. The number of aryl methyl sites for hydroxylation is 1. The van der Waals surface area contributed by atoms with Gasteiger partial charge in [-0.05, 0) is 30.9 Å². The molecule has 2 heterocycles. The standard InChI is InChI=1S/C14H19ClN2O2S2/c1-3-17-11-14(9-12(17)10-15)21(18,19)16(2)7-6-13-5-4-8-20-13/h4-5,8-9,11H,3,6-7,10H2,1-2H3. The molecule has 0 aliphatic carbocycles. The van der Waals surface area contributed by atoms with Crippen molar-refractivity contribution in [2.75, 3.05) is 13.6 Å². The maximum atomic E-state index is 12.6. The highest BCUT2D eigenvalue weighted by Crippen LogP contribution is 2.20.